The van der Waals surface area contributed by atoms with Gasteiger partial charge in [-0.25, -0.2) is 0 Å². The van der Waals surface area contributed by atoms with Crippen LogP contribution in [-0.4, -0.2) is 115 Å². The topological polar surface area (TPSA) is 190 Å². The zero-order chi connectivity index (χ0) is 17.3. The molecule has 0 aromatic heterocycles. The average molecular weight is 342 g/mol. The molecule has 0 aliphatic carbocycles. The normalized spacial score (nSPS) is 51.7. The van der Waals surface area contributed by atoms with E-state index in [4.69, 9.17) is 24.4 Å². The summed E-state index contributed by atoms with van der Waals surface area (Å²) in [5, 5.41) is 76.4. The second-order valence-electron chi connectivity index (χ2n) is 5.53. The van der Waals surface area contributed by atoms with Crippen LogP contribution in [0, 0.1) is 0 Å². The SMILES string of the molecule is OCC1O[C@@H](O[C@H]2OC(CO)[C@@H](O)[C@@H](O)[C@@H]2O)C(O)C(O)[C@H]1O. The maximum absolute atomic E-state index is 9.84. The summed E-state index contributed by atoms with van der Waals surface area (Å²) in [6.45, 7) is -1.33. The van der Waals surface area contributed by atoms with Crippen LogP contribution in [0.3, 0.4) is 0 Å². The van der Waals surface area contributed by atoms with Crippen molar-refractivity contribution in [2.45, 2.75) is 61.4 Å². The first kappa shape index (κ1) is 18.9. The van der Waals surface area contributed by atoms with Crippen molar-refractivity contribution in [1.29, 1.82) is 0 Å². The van der Waals surface area contributed by atoms with E-state index in [1.54, 1.807) is 0 Å². The van der Waals surface area contributed by atoms with E-state index in [-0.39, 0.29) is 0 Å². The van der Waals surface area contributed by atoms with E-state index in [0.717, 1.165) is 0 Å². The molecule has 0 saturated carbocycles. The van der Waals surface area contributed by atoms with Gasteiger partial charge in [0.15, 0.2) is 12.6 Å². The standard InChI is InChI=1S/C12H22O11/c13-1-3-5(15)7(17)9(19)11(21-3)23-12-10(20)8(18)6(16)4(2-14)22-12/h3-20H,1-2H2/t3?,4?,5-,6+,7-,8?,9+,10?,11-,12+/m1/s1. The molecule has 0 spiro atoms. The lowest BCUT2D eigenvalue weighted by molar-refractivity contribution is -0.376. The Labute approximate surface area is 130 Å². The molecule has 0 bridgehead atoms. The summed E-state index contributed by atoms with van der Waals surface area (Å²) >= 11 is 0. The summed E-state index contributed by atoms with van der Waals surface area (Å²) in [5.74, 6) is 0. The van der Waals surface area contributed by atoms with Crippen LogP contribution in [-0.2, 0) is 14.2 Å². The molecule has 0 aromatic carbocycles. The van der Waals surface area contributed by atoms with Gasteiger partial charge in [-0.2, -0.15) is 0 Å². The second kappa shape index (κ2) is 7.63. The van der Waals surface area contributed by atoms with Gasteiger partial charge >= 0.3 is 0 Å². The summed E-state index contributed by atoms with van der Waals surface area (Å²) in [4.78, 5) is 0. The monoisotopic (exact) mass is 342 g/mol. The molecular formula is C12H22O11. The average Bonchev–Trinajstić information content (AvgIpc) is 2.55. The number of aliphatic hydroxyl groups excluding tert-OH is 8. The van der Waals surface area contributed by atoms with Gasteiger partial charge in [-0.3, -0.25) is 0 Å². The second-order valence-corrected chi connectivity index (χ2v) is 5.53. The Balaban J connectivity index is 2.07. The van der Waals surface area contributed by atoms with Crippen molar-refractivity contribution in [2.24, 2.45) is 0 Å². The molecule has 10 atom stereocenters. The van der Waals surface area contributed by atoms with Crippen molar-refractivity contribution in [2.75, 3.05) is 13.2 Å². The Morgan fingerprint density at radius 1 is 0.565 bits per heavy atom. The van der Waals surface area contributed by atoms with Gasteiger partial charge in [0.2, 0.25) is 0 Å². The Hall–Kier alpha value is -0.440. The number of ether oxygens (including phenoxy) is 3. The van der Waals surface area contributed by atoms with Gasteiger partial charge in [-0.15, -0.1) is 0 Å². The zero-order valence-electron chi connectivity index (χ0n) is 12.0. The van der Waals surface area contributed by atoms with Gasteiger partial charge in [0, 0.05) is 0 Å². The summed E-state index contributed by atoms with van der Waals surface area (Å²) < 4.78 is 15.3. The highest BCUT2D eigenvalue weighted by atomic mass is 16.8. The lowest BCUT2D eigenvalue weighted by Gasteiger charge is -2.44. The van der Waals surface area contributed by atoms with E-state index in [1.165, 1.54) is 0 Å². The van der Waals surface area contributed by atoms with Gasteiger partial charge in [0.25, 0.3) is 0 Å². The Kier molecular flexibility index (Phi) is 6.27. The van der Waals surface area contributed by atoms with Gasteiger partial charge in [0.1, 0.15) is 48.8 Å². The predicted octanol–water partition coefficient (Wildman–Crippen LogP) is -5.40. The summed E-state index contributed by atoms with van der Waals surface area (Å²) in [7, 11) is 0. The van der Waals surface area contributed by atoms with Gasteiger partial charge in [-0.05, 0) is 0 Å². The molecule has 11 heteroatoms. The van der Waals surface area contributed by atoms with Crippen molar-refractivity contribution >= 4 is 0 Å². The molecule has 0 amide bonds. The minimum Gasteiger partial charge on any atom is -0.394 e. The Bertz CT molecular complexity index is 344. The molecule has 2 heterocycles. The lowest BCUT2D eigenvalue weighted by Crippen LogP contribution is -2.63. The third-order valence-corrected chi connectivity index (χ3v) is 3.97. The molecule has 2 rings (SSSR count). The number of aliphatic hydroxyl groups is 8. The Morgan fingerprint density at radius 3 is 1.22 bits per heavy atom. The molecule has 2 fully saturated rings. The van der Waals surface area contributed by atoms with Crippen molar-refractivity contribution in [3.63, 3.8) is 0 Å². The fourth-order valence-electron chi connectivity index (χ4n) is 2.49. The largest absolute Gasteiger partial charge is 0.394 e. The summed E-state index contributed by atoms with van der Waals surface area (Å²) in [6.07, 6.45) is -15.6. The van der Waals surface area contributed by atoms with Gasteiger partial charge in [0.05, 0.1) is 13.2 Å². The fourth-order valence-corrected chi connectivity index (χ4v) is 2.49. The summed E-state index contributed by atoms with van der Waals surface area (Å²) in [6, 6.07) is 0. The van der Waals surface area contributed by atoms with Crippen LogP contribution in [0.2, 0.25) is 0 Å². The molecule has 136 valence electrons. The van der Waals surface area contributed by atoms with Crippen LogP contribution in [0.25, 0.3) is 0 Å². The molecule has 4 unspecified atom stereocenters. The van der Waals surface area contributed by atoms with Crippen molar-refractivity contribution in [3.05, 3.63) is 0 Å². The molecule has 8 N–H and O–H groups in total. The van der Waals surface area contributed by atoms with E-state index in [2.05, 4.69) is 0 Å². The van der Waals surface area contributed by atoms with Crippen LogP contribution >= 0.6 is 0 Å². The number of hydrogen-bond acceptors (Lipinski definition) is 11. The maximum atomic E-state index is 9.84. The van der Waals surface area contributed by atoms with E-state index >= 15 is 0 Å². The first-order valence-corrected chi connectivity index (χ1v) is 7.08. The van der Waals surface area contributed by atoms with E-state index in [0.29, 0.717) is 0 Å². The fraction of sp³-hybridized carbons (Fsp3) is 1.00. The molecule has 0 aromatic rings. The van der Waals surface area contributed by atoms with Crippen LogP contribution in [0.4, 0.5) is 0 Å². The number of hydrogen-bond donors (Lipinski definition) is 8. The molecular weight excluding hydrogens is 320 g/mol. The van der Waals surface area contributed by atoms with Crippen LogP contribution in [0.5, 0.6) is 0 Å². The van der Waals surface area contributed by atoms with Crippen LogP contribution in [0.1, 0.15) is 0 Å². The van der Waals surface area contributed by atoms with E-state index < -0.39 is 74.6 Å². The third-order valence-electron chi connectivity index (χ3n) is 3.97. The third kappa shape index (κ3) is 3.65. The van der Waals surface area contributed by atoms with Gasteiger partial charge < -0.3 is 55.1 Å². The first-order valence-electron chi connectivity index (χ1n) is 7.08. The van der Waals surface area contributed by atoms with Crippen molar-refractivity contribution in [3.8, 4) is 0 Å². The van der Waals surface area contributed by atoms with E-state index in [1.807, 2.05) is 0 Å². The molecule has 11 nitrogen and oxygen atoms in total. The highest BCUT2D eigenvalue weighted by molar-refractivity contribution is 4.92. The van der Waals surface area contributed by atoms with Crippen molar-refractivity contribution < 1.29 is 55.1 Å². The minimum atomic E-state index is -1.72. The highest BCUT2D eigenvalue weighted by Crippen LogP contribution is 2.27. The van der Waals surface area contributed by atoms with Crippen molar-refractivity contribution in [1.82, 2.24) is 0 Å². The predicted molar refractivity (Wildman–Crippen MR) is 68.6 cm³/mol. The minimum absolute atomic E-state index is 0.667. The molecule has 2 saturated heterocycles. The van der Waals surface area contributed by atoms with Crippen LogP contribution in [0.15, 0.2) is 0 Å². The highest BCUT2D eigenvalue weighted by Gasteiger charge is 2.49. The maximum Gasteiger partial charge on any atom is 0.189 e. The molecule has 2 aliphatic rings. The molecule has 23 heavy (non-hydrogen) atoms. The Morgan fingerprint density at radius 2 is 0.913 bits per heavy atom. The first-order chi connectivity index (χ1) is 10.8. The van der Waals surface area contributed by atoms with E-state index in [9.17, 15) is 30.6 Å². The van der Waals surface area contributed by atoms with Crippen LogP contribution < -0.4 is 0 Å². The molecule has 2 aliphatic heterocycles. The number of rotatable bonds is 4. The smallest absolute Gasteiger partial charge is 0.189 e. The molecule has 0 radical (unpaired) electrons. The summed E-state index contributed by atoms with van der Waals surface area (Å²) in [5.41, 5.74) is 0. The van der Waals surface area contributed by atoms with Gasteiger partial charge in [-0.1, -0.05) is 0 Å². The lowest BCUT2D eigenvalue weighted by atomic mass is 9.98. The zero-order valence-corrected chi connectivity index (χ0v) is 12.0. The quantitative estimate of drug-likeness (QED) is 0.243.